The van der Waals surface area contributed by atoms with Crippen LogP contribution in [0.3, 0.4) is 0 Å². The Morgan fingerprint density at radius 2 is 2.00 bits per heavy atom. The summed E-state index contributed by atoms with van der Waals surface area (Å²) < 4.78 is 19.0. The Kier molecular flexibility index (Phi) is 3.24. The van der Waals surface area contributed by atoms with E-state index in [0.29, 0.717) is 5.56 Å². The lowest BCUT2D eigenvalue weighted by atomic mass is 9.99. The molecule has 1 aliphatic heterocycles. The van der Waals surface area contributed by atoms with Crippen LogP contribution in [0.5, 0.6) is 5.75 Å². The molecule has 1 aliphatic rings. The number of nitrogens with one attached hydrogen (secondary N) is 1. The molecule has 0 atom stereocenters. The SMILES string of the molecule is COc1cccc(C(=O)c2ccc3c(c2)CNC3)c1F. The van der Waals surface area contributed by atoms with Gasteiger partial charge in [0.1, 0.15) is 0 Å². The van der Waals surface area contributed by atoms with Crippen LogP contribution >= 0.6 is 0 Å². The van der Waals surface area contributed by atoms with Gasteiger partial charge in [0.2, 0.25) is 0 Å². The van der Waals surface area contributed by atoms with Crippen molar-refractivity contribution in [3.05, 3.63) is 64.5 Å². The van der Waals surface area contributed by atoms with Gasteiger partial charge < -0.3 is 10.1 Å². The van der Waals surface area contributed by atoms with Gasteiger partial charge in [-0.15, -0.1) is 0 Å². The quantitative estimate of drug-likeness (QED) is 0.872. The van der Waals surface area contributed by atoms with Crippen LogP contribution in [-0.2, 0) is 13.1 Å². The van der Waals surface area contributed by atoms with E-state index < -0.39 is 5.82 Å². The first-order valence-corrected chi connectivity index (χ1v) is 6.40. The third-order valence-corrected chi connectivity index (χ3v) is 3.53. The normalized spacial score (nSPS) is 13.1. The van der Waals surface area contributed by atoms with Crippen molar-refractivity contribution in [3.8, 4) is 5.75 Å². The van der Waals surface area contributed by atoms with Crippen molar-refractivity contribution in [1.82, 2.24) is 5.32 Å². The molecule has 0 aromatic heterocycles. The van der Waals surface area contributed by atoms with Crippen LogP contribution in [0.2, 0.25) is 0 Å². The standard InChI is InChI=1S/C16H14FNO2/c1-20-14-4-2-3-13(15(14)17)16(19)10-5-6-11-8-18-9-12(11)7-10/h2-7,18H,8-9H2,1H3. The molecule has 102 valence electrons. The van der Waals surface area contributed by atoms with Gasteiger partial charge in [-0.25, -0.2) is 4.39 Å². The molecule has 1 heterocycles. The minimum atomic E-state index is -0.612. The minimum Gasteiger partial charge on any atom is -0.494 e. The van der Waals surface area contributed by atoms with E-state index in [-0.39, 0.29) is 17.1 Å². The fourth-order valence-corrected chi connectivity index (χ4v) is 2.44. The highest BCUT2D eigenvalue weighted by Gasteiger charge is 2.19. The van der Waals surface area contributed by atoms with Crippen molar-refractivity contribution in [2.75, 3.05) is 7.11 Å². The van der Waals surface area contributed by atoms with Crippen LogP contribution < -0.4 is 10.1 Å². The van der Waals surface area contributed by atoms with Gasteiger partial charge in [0.15, 0.2) is 17.3 Å². The van der Waals surface area contributed by atoms with E-state index in [9.17, 15) is 9.18 Å². The summed E-state index contributed by atoms with van der Waals surface area (Å²) in [5.41, 5.74) is 2.82. The van der Waals surface area contributed by atoms with E-state index in [1.807, 2.05) is 12.1 Å². The number of halogens is 1. The van der Waals surface area contributed by atoms with Crippen molar-refractivity contribution in [2.45, 2.75) is 13.1 Å². The van der Waals surface area contributed by atoms with Crippen LogP contribution in [0.15, 0.2) is 36.4 Å². The number of benzene rings is 2. The van der Waals surface area contributed by atoms with Crippen molar-refractivity contribution in [2.24, 2.45) is 0 Å². The van der Waals surface area contributed by atoms with Gasteiger partial charge in [-0.05, 0) is 29.3 Å². The number of methoxy groups -OCH3 is 1. The Morgan fingerprint density at radius 3 is 2.80 bits per heavy atom. The van der Waals surface area contributed by atoms with Gasteiger partial charge in [-0.2, -0.15) is 0 Å². The van der Waals surface area contributed by atoms with Crippen LogP contribution in [-0.4, -0.2) is 12.9 Å². The van der Waals surface area contributed by atoms with Crippen LogP contribution in [0.4, 0.5) is 4.39 Å². The zero-order chi connectivity index (χ0) is 14.1. The predicted octanol–water partition coefficient (Wildman–Crippen LogP) is 2.67. The molecule has 0 radical (unpaired) electrons. The molecule has 3 nitrogen and oxygen atoms in total. The summed E-state index contributed by atoms with van der Waals surface area (Å²) in [6.45, 7) is 1.56. The highest BCUT2D eigenvalue weighted by Crippen LogP contribution is 2.24. The average Bonchev–Trinajstić information content (AvgIpc) is 2.94. The molecule has 0 fully saturated rings. The Bertz CT molecular complexity index is 682. The molecule has 0 bridgehead atoms. The molecule has 0 aliphatic carbocycles. The monoisotopic (exact) mass is 271 g/mol. The van der Waals surface area contributed by atoms with Gasteiger partial charge >= 0.3 is 0 Å². The summed E-state index contributed by atoms with van der Waals surface area (Å²) in [5.74, 6) is -0.853. The number of fused-ring (bicyclic) bond motifs is 1. The smallest absolute Gasteiger partial charge is 0.196 e. The summed E-state index contributed by atoms with van der Waals surface area (Å²) in [7, 11) is 1.38. The molecule has 0 saturated carbocycles. The Morgan fingerprint density at radius 1 is 1.20 bits per heavy atom. The van der Waals surface area contributed by atoms with Crippen molar-refractivity contribution in [3.63, 3.8) is 0 Å². The molecule has 0 saturated heterocycles. The van der Waals surface area contributed by atoms with Gasteiger partial charge in [0.05, 0.1) is 12.7 Å². The van der Waals surface area contributed by atoms with Crippen LogP contribution in [0.25, 0.3) is 0 Å². The van der Waals surface area contributed by atoms with E-state index in [2.05, 4.69) is 5.32 Å². The van der Waals surface area contributed by atoms with Crippen molar-refractivity contribution < 1.29 is 13.9 Å². The summed E-state index contributed by atoms with van der Waals surface area (Å²) >= 11 is 0. The highest BCUT2D eigenvalue weighted by atomic mass is 19.1. The second-order valence-electron chi connectivity index (χ2n) is 4.74. The Labute approximate surface area is 116 Å². The number of carbonyl (C=O) groups excluding carboxylic acids is 1. The van der Waals surface area contributed by atoms with Gasteiger partial charge in [0.25, 0.3) is 0 Å². The summed E-state index contributed by atoms with van der Waals surface area (Å²) in [6.07, 6.45) is 0. The lowest BCUT2D eigenvalue weighted by molar-refractivity contribution is 0.103. The average molecular weight is 271 g/mol. The second kappa shape index (κ2) is 5.06. The van der Waals surface area contributed by atoms with E-state index >= 15 is 0 Å². The van der Waals surface area contributed by atoms with Gasteiger partial charge in [-0.1, -0.05) is 18.2 Å². The Hall–Kier alpha value is -2.20. The topological polar surface area (TPSA) is 38.3 Å². The largest absolute Gasteiger partial charge is 0.494 e. The summed E-state index contributed by atoms with van der Waals surface area (Å²) in [5, 5.41) is 3.22. The summed E-state index contributed by atoms with van der Waals surface area (Å²) in [6, 6.07) is 10.1. The minimum absolute atomic E-state index is 0.0373. The van der Waals surface area contributed by atoms with Gasteiger partial charge in [0, 0.05) is 18.7 Å². The van der Waals surface area contributed by atoms with Crippen molar-refractivity contribution >= 4 is 5.78 Å². The van der Waals surface area contributed by atoms with E-state index in [0.717, 1.165) is 18.7 Å². The maximum absolute atomic E-state index is 14.1. The first kappa shape index (κ1) is 12.8. The number of hydrogen-bond donors (Lipinski definition) is 1. The van der Waals surface area contributed by atoms with Crippen LogP contribution in [0, 0.1) is 5.82 Å². The molecule has 2 aromatic carbocycles. The third kappa shape index (κ3) is 2.08. The Balaban J connectivity index is 2.01. The fraction of sp³-hybridized carbons (Fsp3) is 0.188. The first-order chi connectivity index (χ1) is 9.70. The number of carbonyl (C=O) groups is 1. The molecular formula is C16H14FNO2. The van der Waals surface area contributed by atoms with E-state index in [1.54, 1.807) is 12.1 Å². The molecule has 2 aromatic rings. The lowest BCUT2D eigenvalue weighted by Gasteiger charge is -2.07. The molecule has 0 spiro atoms. The molecule has 3 rings (SSSR count). The number of ether oxygens (including phenoxy) is 1. The lowest BCUT2D eigenvalue weighted by Crippen LogP contribution is -2.06. The van der Waals surface area contributed by atoms with Crippen molar-refractivity contribution in [1.29, 1.82) is 0 Å². The summed E-state index contributed by atoms with van der Waals surface area (Å²) in [4.78, 5) is 12.4. The molecular weight excluding hydrogens is 257 g/mol. The van der Waals surface area contributed by atoms with E-state index in [4.69, 9.17) is 4.74 Å². The van der Waals surface area contributed by atoms with Gasteiger partial charge in [-0.3, -0.25) is 4.79 Å². The highest BCUT2D eigenvalue weighted by molar-refractivity contribution is 6.09. The molecule has 0 unspecified atom stereocenters. The third-order valence-electron chi connectivity index (χ3n) is 3.53. The van der Waals surface area contributed by atoms with Crippen LogP contribution in [0.1, 0.15) is 27.0 Å². The second-order valence-corrected chi connectivity index (χ2v) is 4.74. The zero-order valence-electron chi connectivity index (χ0n) is 11.1. The predicted molar refractivity (Wildman–Crippen MR) is 73.4 cm³/mol. The molecule has 0 amide bonds. The number of rotatable bonds is 3. The molecule has 4 heteroatoms. The number of hydrogen-bond acceptors (Lipinski definition) is 3. The fourth-order valence-electron chi connectivity index (χ4n) is 2.44. The molecule has 20 heavy (non-hydrogen) atoms. The van der Waals surface area contributed by atoms with E-state index in [1.165, 1.54) is 24.8 Å². The maximum atomic E-state index is 14.1. The number of ketones is 1. The first-order valence-electron chi connectivity index (χ1n) is 6.40. The molecule has 1 N–H and O–H groups in total. The maximum Gasteiger partial charge on any atom is 0.196 e. The zero-order valence-corrected chi connectivity index (χ0v) is 11.1.